The zero-order valence-electron chi connectivity index (χ0n) is 13.0. The molecule has 2 aliphatic heterocycles. The first-order chi connectivity index (χ1) is 11.8. The third-order valence-corrected chi connectivity index (χ3v) is 4.69. The van der Waals surface area contributed by atoms with Gasteiger partial charge in [-0.15, -0.1) is 0 Å². The van der Waals surface area contributed by atoms with Crippen molar-refractivity contribution in [3.05, 3.63) is 41.4 Å². The predicted molar refractivity (Wildman–Crippen MR) is 85.1 cm³/mol. The molecule has 0 radical (unpaired) electrons. The fraction of sp³-hybridized carbons (Fsp3) is 0.353. The third-order valence-electron chi connectivity index (χ3n) is 4.69. The van der Waals surface area contributed by atoms with Gasteiger partial charge in [0.05, 0.1) is 0 Å². The van der Waals surface area contributed by atoms with E-state index in [2.05, 4.69) is 15.4 Å². The monoisotopic (exact) mass is 324 g/mol. The first-order valence-electron chi connectivity index (χ1n) is 8.13. The number of nitrogens with zero attached hydrogens (tertiary/aromatic N) is 3. The van der Waals surface area contributed by atoms with E-state index in [9.17, 15) is 4.79 Å². The Morgan fingerprint density at radius 3 is 2.96 bits per heavy atom. The van der Waals surface area contributed by atoms with Crippen LogP contribution in [-0.4, -0.2) is 33.8 Å². The number of Topliss-reactive ketones (excluding diaryl/α,β-unsaturated/α-hetero) is 1. The molecule has 0 amide bonds. The molecule has 1 atom stereocenters. The molecule has 24 heavy (non-hydrogen) atoms. The molecule has 0 saturated heterocycles. The minimum Gasteiger partial charge on any atom is -0.486 e. The number of hydrogen-bond acceptors (Lipinski definition) is 6. The summed E-state index contributed by atoms with van der Waals surface area (Å²) in [4.78, 5) is 16.9. The highest BCUT2D eigenvalue weighted by molar-refractivity contribution is 5.99. The number of carbonyl (C=O) groups is 1. The highest BCUT2D eigenvalue weighted by Crippen LogP contribution is 2.42. The lowest BCUT2D eigenvalue weighted by molar-refractivity contribution is -0.116. The number of benzene rings is 1. The molecule has 122 valence electrons. The summed E-state index contributed by atoms with van der Waals surface area (Å²) in [7, 11) is 0. The quantitative estimate of drug-likeness (QED) is 0.865. The van der Waals surface area contributed by atoms with Gasteiger partial charge in [0.1, 0.15) is 25.6 Å². The number of aromatic nitrogens is 3. The molecule has 1 aromatic carbocycles. The summed E-state index contributed by atoms with van der Waals surface area (Å²) < 4.78 is 13.1. The molecular formula is C17H16N4O3. The van der Waals surface area contributed by atoms with Crippen LogP contribution < -0.4 is 14.8 Å². The van der Waals surface area contributed by atoms with E-state index in [1.807, 2.05) is 18.2 Å². The SMILES string of the molecule is O=C1CCCC2=C1[C@@H](c1ccc3c(c1)OCCO3)n1ncnc1N2. The van der Waals surface area contributed by atoms with E-state index < -0.39 is 0 Å². The van der Waals surface area contributed by atoms with Crippen LogP contribution >= 0.6 is 0 Å². The normalized spacial score (nSPS) is 21.8. The van der Waals surface area contributed by atoms with Crippen molar-refractivity contribution in [2.45, 2.75) is 25.3 Å². The zero-order valence-corrected chi connectivity index (χ0v) is 13.0. The summed E-state index contributed by atoms with van der Waals surface area (Å²) in [5.41, 5.74) is 2.71. The van der Waals surface area contributed by atoms with Gasteiger partial charge >= 0.3 is 0 Å². The number of carbonyl (C=O) groups excluding carboxylic acids is 1. The van der Waals surface area contributed by atoms with Crippen molar-refractivity contribution in [1.82, 2.24) is 14.8 Å². The van der Waals surface area contributed by atoms with Crippen molar-refractivity contribution in [3.63, 3.8) is 0 Å². The molecule has 3 heterocycles. The number of fused-ring (bicyclic) bond motifs is 2. The second-order valence-electron chi connectivity index (χ2n) is 6.13. The number of allylic oxidation sites excluding steroid dienone is 2. The van der Waals surface area contributed by atoms with Crippen LogP contribution in [0.3, 0.4) is 0 Å². The largest absolute Gasteiger partial charge is 0.486 e. The molecule has 0 saturated carbocycles. The molecule has 1 aliphatic carbocycles. The van der Waals surface area contributed by atoms with Gasteiger partial charge in [-0.3, -0.25) is 4.79 Å². The molecule has 0 unspecified atom stereocenters. The number of ketones is 1. The van der Waals surface area contributed by atoms with E-state index in [0.29, 0.717) is 31.3 Å². The second-order valence-corrected chi connectivity index (χ2v) is 6.13. The van der Waals surface area contributed by atoms with Gasteiger partial charge in [-0.2, -0.15) is 10.1 Å². The van der Waals surface area contributed by atoms with E-state index in [4.69, 9.17) is 9.47 Å². The number of rotatable bonds is 1. The van der Waals surface area contributed by atoms with E-state index in [1.54, 1.807) is 4.68 Å². The average molecular weight is 324 g/mol. The van der Waals surface area contributed by atoms with E-state index in [1.165, 1.54) is 6.33 Å². The Morgan fingerprint density at radius 2 is 2.04 bits per heavy atom. The lowest BCUT2D eigenvalue weighted by Crippen LogP contribution is -2.31. The maximum atomic E-state index is 12.6. The molecule has 1 aromatic heterocycles. The van der Waals surface area contributed by atoms with Gasteiger partial charge in [-0.05, 0) is 30.5 Å². The highest BCUT2D eigenvalue weighted by Gasteiger charge is 2.36. The Bertz CT molecular complexity index is 870. The van der Waals surface area contributed by atoms with E-state index in [0.717, 1.165) is 35.4 Å². The summed E-state index contributed by atoms with van der Waals surface area (Å²) in [5.74, 6) is 2.29. The Morgan fingerprint density at radius 1 is 1.17 bits per heavy atom. The molecule has 0 fully saturated rings. The van der Waals surface area contributed by atoms with E-state index in [-0.39, 0.29) is 11.8 Å². The van der Waals surface area contributed by atoms with Crippen molar-refractivity contribution >= 4 is 11.7 Å². The van der Waals surface area contributed by atoms with Crippen molar-refractivity contribution < 1.29 is 14.3 Å². The Kier molecular flexibility index (Phi) is 2.88. The van der Waals surface area contributed by atoms with Crippen molar-refractivity contribution in [3.8, 4) is 11.5 Å². The van der Waals surface area contributed by atoms with Gasteiger partial charge in [0.25, 0.3) is 0 Å². The Hall–Kier alpha value is -2.83. The van der Waals surface area contributed by atoms with E-state index >= 15 is 0 Å². The van der Waals surface area contributed by atoms with Crippen molar-refractivity contribution in [2.75, 3.05) is 18.5 Å². The number of nitrogens with one attached hydrogen (secondary N) is 1. The van der Waals surface area contributed by atoms with Crippen molar-refractivity contribution in [1.29, 1.82) is 0 Å². The first kappa shape index (κ1) is 13.6. The molecule has 7 nitrogen and oxygen atoms in total. The Balaban J connectivity index is 1.67. The van der Waals surface area contributed by atoms with Gasteiger partial charge in [0, 0.05) is 17.7 Å². The van der Waals surface area contributed by atoms with Crippen LogP contribution in [0.2, 0.25) is 0 Å². The molecule has 7 heteroatoms. The molecular weight excluding hydrogens is 308 g/mol. The van der Waals surface area contributed by atoms with Crippen LogP contribution in [0, 0.1) is 0 Å². The molecule has 0 spiro atoms. The molecule has 3 aliphatic rings. The smallest absolute Gasteiger partial charge is 0.226 e. The standard InChI is InChI=1S/C17H16N4O3/c22-12-3-1-2-11-15(12)16(21-17(20-11)18-9-19-21)10-4-5-13-14(8-10)24-7-6-23-13/h4-5,8-9,16H,1-3,6-7H2,(H,18,19,20)/t16-/m1/s1. The van der Waals surface area contributed by atoms with Crippen molar-refractivity contribution in [2.24, 2.45) is 0 Å². The number of ether oxygens (including phenoxy) is 2. The number of anilines is 1. The fourth-order valence-electron chi connectivity index (χ4n) is 3.63. The summed E-state index contributed by atoms with van der Waals surface area (Å²) in [6.07, 6.45) is 3.81. The van der Waals surface area contributed by atoms with Gasteiger partial charge in [-0.25, -0.2) is 4.68 Å². The highest BCUT2D eigenvalue weighted by atomic mass is 16.6. The molecule has 0 bridgehead atoms. The minimum atomic E-state index is -0.276. The van der Waals surface area contributed by atoms with Crippen LogP contribution in [0.25, 0.3) is 0 Å². The molecule has 5 rings (SSSR count). The fourth-order valence-corrected chi connectivity index (χ4v) is 3.63. The zero-order chi connectivity index (χ0) is 16.1. The summed E-state index contributed by atoms with van der Waals surface area (Å²) in [6.45, 7) is 1.09. The van der Waals surface area contributed by atoms with Crippen LogP contribution in [0.1, 0.15) is 30.9 Å². The summed E-state index contributed by atoms with van der Waals surface area (Å²) >= 11 is 0. The third kappa shape index (κ3) is 1.94. The lowest BCUT2D eigenvalue weighted by atomic mass is 9.85. The molecule has 1 N–H and O–H groups in total. The maximum absolute atomic E-state index is 12.6. The minimum absolute atomic E-state index is 0.171. The van der Waals surface area contributed by atoms with Gasteiger partial charge in [0.15, 0.2) is 17.3 Å². The van der Waals surface area contributed by atoms with Crippen LogP contribution in [0.5, 0.6) is 11.5 Å². The summed E-state index contributed by atoms with van der Waals surface area (Å²) in [6, 6.07) is 5.54. The topological polar surface area (TPSA) is 78.3 Å². The van der Waals surface area contributed by atoms with Crippen LogP contribution in [0.4, 0.5) is 5.95 Å². The van der Waals surface area contributed by atoms with Gasteiger partial charge in [0.2, 0.25) is 5.95 Å². The molecule has 2 aromatic rings. The van der Waals surface area contributed by atoms with Gasteiger partial charge in [-0.1, -0.05) is 6.07 Å². The van der Waals surface area contributed by atoms with Crippen LogP contribution in [-0.2, 0) is 4.79 Å². The second kappa shape index (κ2) is 5.09. The predicted octanol–water partition coefficient (Wildman–Crippen LogP) is 2.07. The summed E-state index contributed by atoms with van der Waals surface area (Å²) in [5, 5.41) is 7.60. The van der Waals surface area contributed by atoms with Gasteiger partial charge < -0.3 is 14.8 Å². The number of hydrogen-bond donors (Lipinski definition) is 1. The van der Waals surface area contributed by atoms with Crippen LogP contribution in [0.15, 0.2) is 35.8 Å². The first-order valence-corrected chi connectivity index (χ1v) is 8.13. The Labute approximate surface area is 138 Å². The lowest BCUT2D eigenvalue weighted by Gasteiger charge is -2.32. The maximum Gasteiger partial charge on any atom is 0.226 e. The average Bonchev–Trinajstić information content (AvgIpc) is 3.08.